The highest BCUT2D eigenvalue weighted by Gasteiger charge is 2.23. The summed E-state index contributed by atoms with van der Waals surface area (Å²) in [5.41, 5.74) is 0.797. The number of carboxylic acids is 1. The zero-order chi connectivity index (χ0) is 16.2. The number of amides is 2. The highest BCUT2D eigenvalue weighted by Crippen LogP contribution is 2.32. The van der Waals surface area contributed by atoms with Crippen molar-refractivity contribution in [2.45, 2.75) is 40.2 Å². The smallest absolute Gasteiger partial charge is 0.338 e. The van der Waals surface area contributed by atoms with Crippen LogP contribution in [0.5, 0.6) is 0 Å². The summed E-state index contributed by atoms with van der Waals surface area (Å²) in [6.45, 7) is 7.55. The Morgan fingerprint density at radius 3 is 2.52 bits per heavy atom. The molecule has 2 amide bonds. The van der Waals surface area contributed by atoms with Gasteiger partial charge in [0, 0.05) is 17.5 Å². The van der Waals surface area contributed by atoms with Crippen molar-refractivity contribution < 1.29 is 14.7 Å². The Morgan fingerprint density at radius 1 is 1.43 bits per heavy atom. The molecule has 0 aliphatic carbocycles. The molecular weight excluding hydrogens is 290 g/mol. The fourth-order valence-corrected chi connectivity index (χ4v) is 2.95. The zero-order valence-corrected chi connectivity index (χ0v) is 13.4. The van der Waals surface area contributed by atoms with Gasteiger partial charge in [-0.1, -0.05) is 0 Å². The summed E-state index contributed by atoms with van der Waals surface area (Å²) < 4.78 is 0. The highest BCUT2D eigenvalue weighted by molar-refractivity contribution is 7.16. The molecule has 0 aliphatic heterocycles. The van der Waals surface area contributed by atoms with Crippen LogP contribution in [0.4, 0.5) is 9.80 Å². The molecule has 21 heavy (non-hydrogen) atoms. The van der Waals surface area contributed by atoms with E-state index in [9.17, 15) is 14.7 Å². The number of nitrogens with zero attached hydrogens (tertiary/aromatic N) is 2. The molecule has 1 aromatic rings. The molecule has 0 saturated carbocycles. The number of thiophene rings is 1. The number of carbonyl (C=O) groups is 2. The molecule has 0 radical (unpaired) electrons. The first-order valence-corrected chi connectivity index (χ1v) is 7.39. The van der Waals surface area contributed by atoms with E-state index in [1.54, 1.807) is 6.92 Å². The summed E-state index contributed by atoms with van der Waals surface area (Å²) >= 11 is 1.25. The van der Waals surface area contributed by atoms with Gasteiger partial charge in [0.15, 0.2) is 0 Å². The summed E-state index contributed by atoms with van der Waals surface area (Å²) in [7, 11) is 0. The van der Waals surface area contributed by atoms with Gasteiger partial charge >= 0.3 is 12.0 Å². The predicted octanol–water partition coefficient (Wildman–Crippen LogP) is 3.22. The van der Waals surface area contributed by atoms with Crippen molar-refractivity contribution in [3.8, 4) is 6.07 Å². The highest BCUT2D eigenvalue weighted by atomic mass is 32.1. The van der Waals surface area contributed by atoms with Crippen LogP contribution in [-0.4, -0.2) is 34.6 Å². The van der Waals surface area contributed by atoms with Crippen molar-refractivity contribution in [3.63, 3.8) is 0 Å². The quantitative estimate of drug-likeness (QED) is 0.873. The Labute approximate surface area is 128 Å². The van der Waals surface area contributed by atoms with Crippen LogP contribution in [0.2, 0.25) is 0 Å². The maximum atomic E-state index is 12.3. The van der Waals surface area contributed by atoms with Gasteiger partial charge in [-0.05, 0) is 33.3 Å². The lowest BCUT2D eigenvalue weighted by atomic mass is 10.1. The molecule has 0 atom stereocenters. The number of nitriles is 1. The monoisotopic (exact) mass is 309 g/mol. The van der Waals surface area contributed by atoms with Crippen LogP contribution in [0, 0.1) is 25.2 Å². The summed E-state index contributed by atoms with van der Waals surface area (Å²) in [6.07, 6.45) is 0.236. The zero-order valence-electron chi connectivity index (χ0n) is 12.6. The molecule has 0 fully saturated rings. The first kappa shape index (κ1) is 17.0. The average molecular weight is 309 g/mol. The minimum atomic E-state index is -1.06. The van der Waals surface area contributed by atoms with Crippen molar-refractivity contribution in [2.75, 3.05) is 11.9 Å². The Bertz CT molecular complexity index is 587. The van der Waals surface area contributed by atoms with E-state index in [1.807, 2.05) is 26.8 Å². The van der Waals surface area contributed by atoms with E-state index in [4.69, 9.17) is 5.26 Å². The van der Waals surface area contributed by atoms with Crippen molar-refractivity contribution in [2.24, 2.45) is 0 Å². The molecule has 0 unspecified atom stereocenters. The number of hydrogen-bond acceptors (Lipinski definition) is 4. The lowest BCUT2D eigenvalue weighted by Crippen LogP contribution is -2.40. The minimum Gasteiger partial charge on any atom is -0.478 e. The molecule has 6 nitrogen and oxygen atoms in total. The number of aromatic carboxylic acids is 1. The molecule has 1 aromatic heterocycles. The van der Waals surface area contributed by atoms with Crippen LogP contribution in [-0.2, 0) is 0 Å². The lowest BCUT2D eigenvalue weighted by molar-refractivity contribution is 0.0697. The fourth-order valence-electron chi connectivity index (χ4n) is 1.91. The topological polar surface area (TPSA) is 93.4 Å². The molecule has 0 bridgehead atoms. The maximum Gasteiger partial charge on any atom is 0.338 e. The normalized spacial score (nSPS) is 10.3. The number of nitrogens with one attached hydrogen (secondary N) is 1. The second-order valence-electron chi connectivity index (χ2n) is 4.92. The van der Waals surface area contributed by atoms with Crippen molar-refractivity contribution in [1.82, 2.24) is 4.90 Å². The first-order chi connectivity index (χ1) is 9.79. The van der Waals surface area contributed by atoms with Gasteiger partial charge in [0.1, 0.15) is 5.00 Å². The third-order valence-corrected chi connectivity index (χ3v) is 4.29. The molecule has 0 aliphatic rings. The molecule has 0 aromatic carbocycles. The minimum absolute atomic E-state index is 0.0752. The van der Waals surface area contributed by atoms with Gasteiger partial charge in [-0.2, -0.15) is 5.26 Å². The number of anilines is 1. The Morgan fingerprint density at radius 2 is 2.05 bits per heavy atom. The summed E-state index contributed by atoms with van der Waals surface area (Å²) in [5, 5.41) is 20.9. The molecule has 2 N–H and O–H groups in total. The van der Waals surface area contributed by atoms with Gasteiger partial charge in [0.25, 0.3) is 0 Å². The van der Waals surface area contributed by atoms with Crippen molar-refractivity contribution in [3.05, 3.63) is 16.0 Å². The predicted molar refractivity (Wildman–Crippen MR) is 81.8 cm³/mol. The number of urea groups is 1. The van der Waals surface area contributed by atoms with Crippen LogP contribution in [0.25, 0.3) is 0 Å². The van der Waals surface area contributed by atoms with Crippen molar-refractivity contribution in [1.29, 1.82) is 5.26 Å². The number of carbonyl (C=O) groups excluding carboxylic acids is 1. The van der Waals surface area contributed by atoms with Crippen LogP contribution in [0.1, 0.15) is 41.1 Å². The van der Waals surface area contributed by atoms with E-state index >= 15 is 0 Å². The standard InChI is InChI=1S/C14H19N3O3S/c1-8(2)17(7-5-6-15)14(20)16-12-11(13(18)19)9(3)10(4)21-12/h8H,5,7H2,1-4H3,(H,16,20)(H,18,19). The largest absolute Gasteiger partial charge is 0.478 e. The van der Waals surface area contributed by atoms with Crippen molar-refractivity contribution >= 4 is 28.3 Å². The molecule has 1 heterocycles. The number of carboxylic acid groups (broad SMARTS) is 1. The van der Waals surface area contributed by atoms with Crippen LogP contribution < -0.4 is 5.32 Å². The Kier molecular flexibility index (Phi) is 5.73. The maximum absolute atomic E-state index is 12.3. The molecular formula is C14H19N3O3S. The Balaban J connectivity index is 2.99. The Hall–Kier alpha value is -2.07. The third-order valence-electron chi connectivity index (χ3n) is 3.17. The van der Waals surface area contributed by atoms with Gasteiger partial charge in [-0.3, -0.25) is 5.32 Å². The van der Waals surface area contributed by atoms with E-state index in [-0.39, 0.29) is 24.1 Å². The van der Waals surface area contributed by atoms with Crippen LogP contribution >= 0.6 is 11.3 Å². The summed E-state index contributed by atoms with van der Waals surface area (Å²) in [5.74, 6) is -1.06. The van der Waals surface area contributed by atoms with Crippen LogP contribution in [0.3, 0.4) is 0 Å². The molecule has 0 spiro atoms. The van der Waals surface area contributed by atoms with Gasteiger partial charge < -0.3 is 10.0 Å². The third kappa shape index (κ3) is 3.95. The van der Waals surface area contributed by atoms with Crippen LogP contribution in [0.15, 0.2) is 0 Å². The van der Waals surface area contributed by atoms with E-state index in [1.165, 1.54) is 16.2 Å². The SMILES string of the molecule is Cc1sc(NC(=O)N(CCC#N)C(C)C)c(C(=O)O)c1C. The van der Waals surface area contributed by atoms with E-state index in [0.29, 0.717) is 17.1 Å². The first-order valence-electron chi connectivity index (χ1n) is 6.57. The fraction of sp³-hybridized carbons (Fsp3) is 0.500. The molecule has 7 heteroatoms. The average Bonchev–Trinajstić information content (AvgIpc) is 2.64. The lowest BCUT2D eigenvalue weighted by Gasteiger charge is -2.25. The number of aryl methyl sites for hydroxylation is 1. The second-order valence-corrected chi connectivity index (χ2v) is 6.14. The molecule has 1 rings (SSSR count). The van der Waals surface area contributed by atoms with Gasteiger partial charge in [-0.15, -0.1) is 11.3 Å². The van der Waals surface area contributed by atoms with Gasteiger partial charge in [-0.25, -0.2) is 9.59 Å². The van der Waals surface area contributed by atoms with Gasteiger partial charge in [0.05, 0.1) is 18.1 Å². The molecule has 0 saturated heterocycles. The second kappa shape index (κ2) is 7.09. The number of hydrogen-bond donors (Lipinski definition) is 2. The molecule has 114 valence electrons. The van der Waals surface area contributed by atoms with Gasteiger partial charge in [0.2, 0.25) is 0 Å². The van der Waals surface area contributed by atoms with E-state index < -0.39 is 5.97 Å². The summed E-state index contributed by atoms with van der Waals surface area (Å²) in [4.78, 5) is 26.0. The summed E-state index contributed by atoms with van der Waals surface area (Å²) in [6, 6.07) is 1.54. The van der Waals surface area contributed by atoms with E-state index in [0.717, 1.165) is 4.88 Å². The van der Waals surface area contributed by atoms with E-state index in [2.05, 4.69) is 5.32 Å². The number of rotatable bonds is 5.